The summed E-state index contributed by atoms with van der Waals surface area (Å²) >= 11 is 6.04. The Bertz CT molecular complexity index is 441. The van der Waals surface area contributed by atoms with Crippen LogP contribution in [0.1, 0.15) is 24.8 Å². The maximum atomic E-state index is 6.04. The van der Waals surface area contributed by atoms with Crippen molar-refractivity contribution in [1.29, 1.82) is 0 Å². The fourth-order valence-electron chi connectivity index (χ4n) is 2.95. The van der Waals surface area contributed by atoms with E-state index < -0.39 is 0 Å². The van der Waals surface area contributed by atoms with Gasteiger partial charge in [0.25, 0.3) is 0 Å². The molecular formula is C15H24ClN3. The van der Waals surface area contributed by atoms with Crippen LogP contribution in [0, 0.1) is 0 Å². The van der Waals surface area contributed by atoms with E-state index in [2.05, 4.69) is 37.0 Å². The lowest BCUT2D eigenvalue weighted by atomic mass is 9.75. The van der Waals surface area contributed by atoms with Crippen molar-refractivity contribution in [3.8, 4) is 0 Å². The van der Waals surface area contributed by atoms with E-state index in [0.717, 1.165) is 17.1 Å². The summed E-state index contributed by atoms with van der Waals surface area (Å²) in [5.41, 5.74) is 8.46. The van der Waals surface area contributed by atoms with Crippen LogP contribution in [-0.4, -0.2) is 38.1 Å². The second-order valence-electron chi connectivity index (χ2n) is 5.81. The zero-order valence-electron chi connectivity index (χ0n) is 12.1. The van der Waals surface area contributed by atoms with E-state index in [-0.39, 0.29) is 0 Å². The molecule has 0 aliphatic heterocycles. The van der Waals surface area contributed by atoms with E-state index in [0.29, 0.717) is 12.1 Å². The Morgan fingerprint density at radius 2 is 1.95 bits per heavy atom. The molecule has 0 spiro atoms. The van der Waals surface area contributed by atoms with Crippen LogP contribution < -0.4 is 10.6 Å². The Morgan fingerprint density at radius 3 is 2.42 bits per heavy atom. The number of halogens is 1. The summed E-state index contributed by atoms with van der Waals surface area (Å²) in [6, 6.07) is 5.98. The van der Waals surface area contributed by atoms with Crippen molar-refractivity contribution in [2.75, 3.05) is 32.6 Å². The molecule has 4 heteroatoms. The summed E-state index contributed by atoms with van der Waals surface area (Å²) in [6.45, 7) is 1.56. The Morgan fingerprint density at radius 1 is 1.26 bits per heavy atom. The minimum absolute atomic E-state index is 0.320. The van der Waals surface area contributed by atoms with Gasteiger partial charge in [0.15, 0.2) is 0 Å². The number of benzene rings is 1. The summed E-state index contributed by atoms with van der Waals surface area (Å²) < 4.78 is 0. The minimum Gasteiger partial charge on any atom is -0.372 e. The predicted octanol–water partition coefficient (Wildman–Crippen LogP) is 2.72. The van der Waals surface area contributed by atoms with Gasteiger partial charge in [0, 0.05) is 36.4 Å². The molecule has 1 aromatic rings. The van der Waals surface area contributed by atoms with Crippen molar-refractivity contribution < 1.29 is 0 Å². The highest BCUT2D eigenvalue weighted by Gasteiger charge is 2.40. The molecule has 3 nitrogen and oxygen atoms in total. The number of anilines is 1. The lowest BCUT2D eigenvalue weighted by Gasteiger charge is -2.49. The molecule has 2 rings (SSSR count). The average molecular weight is 282 g/mol. The van der Waals surface area contributed by atoms with Crippen molar-refractivity contribution in [2.45, 2.75) is 31.3 Å². The number of nitrogens with zero attached hydrogens (tertiary/aromatic N) is 2. The van der Waals surface area contributed by atoms with Gasteiger partial charge in [0.05, 0.1) is 0 Å². The molecule has 1 aliphatic carbocycles. The first-order chi connectivity index (χ1) is 8.98. The summed E-state index contributed by atoms with van der Waals surface area (Å²) in [7, 11) is 6.50. The highest BCUT2D eigenvalue weighted by molar-refractivity contribution is 6.30. The van der Waals surface area contributed by atoms with Gasteiger partial charge in [0.1, 0.15) is 0 Å². The van der Waals surface area contributed by atoms with Gasteiger partial charge in [0.2, 0.25) is 0 Å². The van der Waals surface area contributed by atoms with Crippen LogP contribution in [0.5, 0.6) is 0 Å². The molecule has 1 aliphatic rings. The molecule has 19 heavy (non-hydrogen) atoms. The van der Waals surface area contributed by atoms with Gasteiger partial charge >= 0.3 is 0 Å². The minimum atomic E-state index is 0.320. The normalized spacial score (nSPS) is 17.4. The third-order valence-corrected chi connectivity index (χ3v) is 4.67. The smallest absolute Gasteiger partial charge is 0.0410 e. The van der Waals surface area contributed by atoms with Gasteiger partial charge in [-0.25, -0.2) is 0 Å². The molecule has 0 heterocycles. The van der Waals surface area contributed by atoms with E-state index >= 15 is 0 Å². The quantitative estimate of drug-likeness (QED) is 0.901. The van der Waals surface area contributed by atoms with Gasteiger partial charge in [-0.15, -0.1) is 0 Å². The number of rotatable bonds is 5. The van der Waals surface area contributed by atoms with Crippen LogP contribution in [0.25, 0.3) is 0 Å². The van der Waals surface area contributed by atoms with E-state index in [9.17, 15) is 0 Å². The zero-order chi connectivity index (χ0) is 14.0. The molecule has 2 N–H and O–H groups in total. The second kappa shape index (κ2) is 5.70. The fraction of sp³-hybridized carbons (Fsp3) is 0.600. The lowest BCUT2D eigenvalue weighted by molar-refractivity contribution is 0.0683. The number of likely N-dealkylation sites (N-methyl/N-ethyl adjacent to an activating group) is 2. The van der Waals surface area contributed by atoms with Gasteiger partial charge in [-0.05, 0) is 57.1 Å². The molecule has 1 saturated carbocycles. The second-order valence-corrected chi connectivity index (χ2v) is 6.24. The molecule has 0 bridgehead atoms. The molecule has 0 unspecified atom stereocenters. The van der Waals surface area contributed by atoms with Gasteiger partial charge in [-0.3, -0.25) is 0 Å². The van der Waals surface area contributed by atoms with E-state index in [1.165, 1.54) is 24.9 Å². The fourth-order valence-corrected chi connectivity index (χ4v) is 3.14. The van der Waals surface area contributed by atoms with Crippen LogP contribution >= 0.6 is 11.6 Å². The Hall–Kier alpha value is -0.770. The monoisotopic (exact) mass is 281 g/mol. The summed E-state index contributed by atoms with van der Waals surface area (Å²) in [5, 5.41) is 0.753. The van der Waals surface area contributed by atoms with Crippen molar-refractivity contribution in [1.82, 2.24) is 4.90 Å². The molecule has 0 atom stereocenters. The molecule has 1 fully saturated rings. The molecule has 0 radical (unpaired) electrons. The Balaban J connectivity index is 2.18. The topological polar surface area (TPSA) is 32.5 Å². The predicted molar refractivity (Wildman–Crippen MR) is 82.9 cm³/mol. The SMILES string of the molecule is CN(CC1(N(C)C)CCC1)c1ccc(Cl)cc1CN. The van der Waals surface area contributed by atoms with Crippen molar-refractivity contribution >= 4 is 17.3 Å². The number of hydrogen-bond donors (Lipinski definition) is 1. The summed E-state index contributed by atoms with van der Waals surface area (Å²) in [4.78, 5) is 4.68. The molecule has 0 aromatic heterocycles. The third kappa shape index (κ3) is 2.88. The van der Waals surface area contributed by atoms with Crippen LogP contribution in [0.4, 0.5) is 5.69 Å². The highest BCUT2D eigenvalue weighted by atomic mass is 35.5. The van der Waals surface area contributed by atoms with E-state index in [1.54, 1.807) is 0 Å². The van der Waals surface area contributed by atoms with Crippen molar-refractivity contribution in [3.63, 3.8) is 0 Å². The summed E-state index contributed by atoms with van der Waals surface area (Å²) in [5.74, 6) is 0. The highest BCUT2D eigenvalue weighted by Crippen LogP contribution is 2.38. The Kier molecular flexibility index (Phi) is 4.39. The number of hydrogen-bond acceptors (Lipinski definition) is 3. The molecule has 1 aromatic carbocycles. The van der Waals surface area contributed by atoms with Gasteiger partial charge in [-0.1, -0.05) is 11.6 Å². The maximum absolute atomic E-state index is 6.04. The van der Waals surface area contributed by atoms with Crippen LogP contribution in [0.3, 0.4) is 0 Å². The molecule has 106 valence electrons. The third-order valence-electron chi connectivity index (χ3n) is 4.44. The van der Waals surface area contributed by atoms with E-state index in [1.807, 2.05) is 12.1 Å². The standard InChI is InChI=1S/C15H24ClN3/c1-18(2)15(7-4-8-15)11-19(3)14-6-5-13(16)9-12(14)10-17/h5-6,9H,4,7-8,10-11,17H2,1-3H3. The first-order valence-electron chi connectivity index (χ1n) is 6.85. The average Bonchev–Trinajstić information content (AvgIpc) is 2.32. The molecule has 0 amide bonds. The van der Waals surface area contributed by atoms with Crippen LogP contribution in [0.15, 0.2) is 18.2 Å². The van der Waals surface area contributed by atoms with Crippen molar-refractivity contribution in [2.24, 2.45) is 5.73 Å². The first-order valence-corrected chi connectivity index (χ1v) is 7.23. The van der Waals surface area contributed by atoms with Crippen LogP contribution in [0.2, 0.25) is 5.02 Å². The van der Waals surface area contributed by atoms with Gasteiger partial charge < -0.3 is 15.5 Å². The largest absolute Gasteiger partial charge is 0.372 e. The summed E-state index contributed by atoms with van der Waals surface area (Å²) in [6.07, 6.45) is 3.88. The molecule has 0 saturated heterocycles. The zero-order valence-corrected chi connectivity index (χ0v) is 12.9. The van der Waals surface area contributed by atoms with Crippen LogP contribution in [-0.2, 0) is 6.54 Å². The van der Waals surface area contributed by atoms with Gasteiger partial charge in [-0.2, -0.15) is 0 Å². The number of nitrogens with two attached hydrogens (primary N) is 1. The van der Waals surface area contributed by atoms with Crippen molar-refractivity contribution in [3.05, 3.63) is 28.8 Å². The Labute approximate surface area is 121 Å². The lowest BCUT2D eigenvalue weighted by Crippen LogP contribution is -2.56. The first kappa shape index (κ1) is 14.6. The maximum Gasteiger partial charge on any atom is 0.0410 e. The molecular weight excluding hydrogens is 258 g/mol. The van der Waals surface area contributed by atoms with E-state index in [4.69, 9.17) is 17.3 Å².